The van der Waals surface area contributed by atoms with E-state index < -0.39 is 17.8 Å². The molecule has 1 unspecified atom stereocenters. The Bertz CT molecular complexity index is 313. The molecule has 2 amide bonds. The van der Waals surface area contributed by atoms with Gasteiger partial charge in [0.1, 0.15) is 5.92 Å². The van der Waals surface area contributed by atoms with Crippen LogP contribution in [0.3, 0.4) is 0 Å². The zero-order valence-electron chi connectivity index (χ0n) is 9.86. The number of carboxylic acids is 1. The number of carbonyl (C=O) groups excluding carboxylic acids is 2. The molecule has 1 aliphatic rings. The molecule has 0 heterocycles. The lowest BCUT2D eigenvalue weighted by atomic mass is 10.1. The Morgan fingerprint density at radius 2 is 2.00 bits per heavy atom. The average molecular weight is 242 g/mol. The fourth-order valence-electron chi connectivity index (χ4n) is 1.25. The van der Waals surface area contributed by atoms with Crippen molar-refractivity contribution in [2.24, 2.45) is 5.92 Å². The molecule has 0 aromatic carbocycles. The molecular formula is C11H18N2O4. The molecule has 96 valence electrons. The number of amides is 2. The first-order chi connectivity index (χ1) is 8.00. The highest BCUT2D eigenvalue weighted by atomic mass is 16.4. The predicted molar refractivity (Wildman–Crippen MR) is 60.2 cm³/mol. The fraction of sp³-hybridized carbons (Fsp3) is 0.727. The van der Waals surface area contributed by atoms with Crippen LogP contribution in [0.4, 0.5) is 0 Å². The highest BCUT2D eigenvalue weighted by Crippen LogP contribution is 2.18. The minimum atomic E-state index is -1.14. The molecule has 0 saturated heterocycles. The molecule has 0 radical (unpaired) electrons. The minimum absolute atomic E-state index is 0.00645. The molecule has 0 aromatic rings. The largest absolute Gasteiger partial charge is 0.481 e. The molecule has 0 bridgehead atoms. The summed E-state index contributed by atoms with van der Waals surface area (Å²) in [5.41, 5.74) is 0. The first kappa shape index (κ1) is 13.5. The van der Waals surface area contributed by atoms with E-state index in [2.05, 4.69) is 10.6 Å². The van der Waals surface area contributed by atoms with Gasteiger partial charge in [0, 0.05) is 19.0 Å². The average Bonchev–Trinajstić information content (AvgIpc) is 3.06. The normalized spacial score (nSPS) is 16.1. The van der Waals surface area contributed by atoms with Gasteiger partial charge < -0.3 is 15.7 Å². The van der Waals surface area contributed by atoms with Gasteiger partial charge in [-0.3, -0.25) is 14.4 Å². The summed E-state index contributed by atoms with van der Waals surface area (Å²) in [5.74, 6) is -2.71. The van der Waals surface area contributed by atoms with Crippen LogP contribution in [-0.4, -0.2) is 35.5 Å². The molecule has 1 rings (SSSR count). The summed E-state index contributed by atoms with van der Waals surface area (Å²) < 4.78 is 0. The molecule has 0 aromatic heterocycles. The highest BCUT2D eigenvalue weighted by Gasteiger charge is 2.23. The van der Waals surface area contributed by atoms with Crippen molar-refractivity contribution in [1.29, 1.82) is 0 Å². The predicted octanol–water partition coefficient (Wildman–Crippen LogP) is -0.118. The quantitative estimate of drug-likeness (QED) is 0.428. The topological polar surface area (TPSA) is 95.5 Å². The Morgan fingerprint density at radius 3 is 2.53 bits per heavy atom. The third kappa shape index (κ3) is 5.33. The Kier molecular flexibility index (Phi) is 4.93. The number of nitrogens with one attached hydrogen (secondary N) is 2. The van der Waals surface area contributed by atoms with Crippen LogP contribution in [0.25, 0.3) is 0 Å². The lowest BCUT2D eigenvalue weighted by Crippen LogP contribution is -2.34. The summed E-state index contributed by atoms with van der Waals surface area (Å²) in [6, 6.07) is 0.351. The maximum atomic E-state index is 11.3. The molecule has 1 fully saturated rings. The second kappa shape index (κ2) is 6.22. The third-order valence-electron chi connectivity index (χ3n) is 2.59. The number of rotatable bonds is 7. The van der Waals surface area contributed by atoms with Crippen molar-refractivity contribution < 1.29 is 19.5 Å². The van der Waals surface area contributed by atoms with Gasteiger partial charge >= 0.3 is 5.97 Å². The van der Waals surface area contributed by atoms with Crippen molar-refractivity contribution in [2.75, 3.05) is 6.54 Å². The molecule has 0 aliphatic heterocycles. The Balaban J connectivity index is 2.04. The summed E-state index contributed by atoms with van der Waals surface area (Å²) in [6.45, 7) is 1.66. The maximum absolute atomic E-state index is 11.3. The molecule has 1 aliphatic carbocycles. The van der Waals surface area contributed by atoms with Crippen LogP contribution in [0.2, 0.25) is 0 Å². The third-order valence-corrected chi connectivity index (χ3v) is 2.59. The van der Waals surface area contributed by atoms with Crippen molar-refractivity contribution in [2.45, 2.75) is 38.6 Å². The first-order valence-corrected chi connectivity index (χ1v) is 5.80. The van der Waals surface area contributed by atoms with Crippen molar-refractivity contribution in [3.63, 3.8) is 0 Å². The van der Waals surface area contributed by atoms with E-state index in [0.717, 1.165) is 12.8 Å². The van der Waals surface area contributed by atoms with Gasteiger partial charge in [0.05, 0.1) is 0 Å². The van der Waals surface area contributed by atoms with E-state index in [0.29, 0.717) is 25.4 Å². The van der Waals surface area contributed by atoms with E-state index >= 15 is 0 Å². The van der Waals surface area contributed by atoms with Crippen LogP contribution < -0.4 is 10.6 Å². The monoisotopic (exact) mass is 242 g/mol. The maximum Gasteiger partial charge on any atom is 0.315 e. The van der Waals surface area contributed by atoms with Crippen LogP contribution in [0.5, 0.6) is 0 Å². The van der Waals surface area contributed by atoms with Gasteiger partial charge in [-0.2, -0.15) is 0 Å². The minimum Gasteiger partial charge on any atom is -0.481 e. The molecule has 1 atom stereocenters. The number of aliphatic carboxylic acids is 1. The zero-order valence-corrected chi connectivity index (χ0v) is 9.86. The lowest BCUT2D eigenvalue weighted by molar-refractivity contribution is -0.146. The van der Waals surface area contributed by atoms with Gasteiger partial charge in [0.25, 0.3) is 0 Å². The molecule has 6 nitrogen and oxygen atoms in total. The summed E-state index contributed by atoms with van der Waals surface area (Å²) in [4.78, 5) is 33.0. The fourth-order valence-corrected chi connectivity index (χ4v) is 1.25. The van der Waals surface area contributed by atoms with E-state index in [1.54, 1.807) is 0 Å². The smallest absolute Gasteiger partial charge is 0.315 e. The van der Waals surface area contributed by atoms with Gasteiger partial charge in [0.2, 0.25) is 11.8 Å². The van der Waals surface area contributed by atoms with Gasteiger partial charge in [-0.1, -0.05) is 0 Å². The summed E-state index contributed by atoms with van der Waals surface area (Å²) in [5, 5.41) is 13.9. The van der Waals surface area contributed by atoms with E-state index in [1.807, 2.05) is 0 Å². The van der Waals surface area contributed by atoms with Crippen LogP contribution in [0, 0.1) is 5.92 Å². The number of carboxylic acid groups (broad SMARTS) is 1. The van der Waals surface area contributed by atoms with Gasteiger partial charge in [0.15, 0.2) is 0 Å². The second-order valence-corrected chi connectivity index (χ2v) is 4.30. The van der Waals surface area contributed by atoms with E-state index in [4.69, 9.17) is 5.11 Å². The SMILES string of the molecule is CC(C(=O)O)C(=O)NCCCC(=O)NC1CC1. The zero-order chi connectivity index (χ0) is 12.8. The number of carbonyl (C=O) groups is 3. The number of hydrogen-bond donors (Lipinski definition) is 3. The van der Waals surface area contributed by atoms with E-state index in [9.17, 15) is 14.4 Å². The van der Waals surface area contributed by atoms with Gasteiger partial charge in [-0.25, -0.2) is 0 Å². The van der Waals surface area contributed by atoms with E-state index in [-0.39, 0.29) is 5.91 Å². The Labute approximate surface area is 99.8 Å². The first-order valence-electron chi connectivity index (χ1n) is 5.80. The van der Waals surface area contributed by atoms with Crippen LogP contribution >= 0.6 is 0 Å². The summed E-state index contributed by atoms with van der Waals surface area (Å²) in [6.07, 6.45) is 2.99. The highest BCUT2D eigenvalue weighted by molar-refractivity contribution is 5.96. The molecular weight excluding hydrogens is 224 g/mol. The molecule has 17 heavy (non-hydrogen) atoms. The molecule has 6 heteroatoms. The second-order valence-electron chi connectivity index (χ2n) is 4.30. The lowest BCUT2D eigenvalue weighted by Gasteiger charge is -2.08. The standard InChI is InChI=1S/C11H18N2O4/c1-7(11(16)17)10(15)12-6-2-3-9(14)13-8-4-5-8/h7-8H,2-6H2,1H3,(H,12,15)(H,13,14)(H,16,17). The van der Waals surface area contributed by atoms with Crippen molar-refractivity contribution in [3.8, 4) is 0 Å². The summed E-state index contributed by atoms with van der Waals surface area (Å²) >= 11 is 0. The number of hydrogen-bond acceptors (Lipinski definition) is 3. The molecule has 3 N–H and O–H groups in total. The van der Waals surface area contributed by atoms with Crippen LogP contribution in [0.1, 0.15) is 32.6 Å². The van der Waals surface area contributed by atoms with Gasteiger partial charge in [-0.05, 0) is 26.2 Å². The van der Waals surface area contributed by atoms with Crippen molar-refractivity contribution in [3.05, 3.63) is 0 Å². The van der Waals surface area contributed by atoms with Gasteiger partial charge in [-0.15, -0.1) is 0 Å². The Morgan fingerprint density at radius 1 is 1.35 bits per heavy atom. The van der Waals surface area contributed by atoms with E-state index in [1.165, 1.54) is 6.92 Å². The van der Waals surface area contributed by atoms with Crippen molar-refractivity contribution in [1.82, 2.24) is 10.6 Å². The Hall–Kier alpha value is -1.59. The molecule has 0 spiro atoms. The van der Waals surface area contributed by atoms with Crippen LogP contribution in [-0.2, 0) is 14.4 Å². The summed E-state index contributed by atoms with van der Waals surface area (Å²) in [7, 11) is 0. The van der Waals surface area contributed by atoms with Crippen molar-refractivity contribution >= 4 is 17.8 Å². The van der Waals surface area contributed by atoms with Crippen LogP contribution in [0.15, 0.2) is 0 Å². The molecule has 1 saturated carbocycles.